The lowest BCUT2D eigenvalue weighted by Gasteiger charge is -2.13. The molecule has 0 fully saturated rings. The van der Waals surface area contributed by atoms with Crippen molar-refractivity contribution in [3.05, 3.63) is 16.3 Å². The summed E-state index contributed by atoms with van der Waals surface area (Å²) in [7, 11) is 0. The number of fused-ring (bicyclic) bond motifs is 3. The number of nitrogens with zero attached hydrogens (tertiary/aromatic N) is 2. The first-order valence-electron chi connectivity index (χ1n) is 8.24. The van der Waals surface area contributed by atoms with E-state index in [1.165, 1.54) is 41.5 Å². The first kappa shape index (κ1) is 14.8. The van der Waals surface area contributed by atoms with E-state index >= 15 is 0 Å². The molecule has 2 aromatic rings. The Hall–Kier alpha value is -1.16. The summed E-state index contributed by atoms with van der Waals surface area (Å²) in [4.78, 5) is 12.4. The molecule has 1 aliphatic rings. The Balaban J connectivity index is 2.04. The summed E-state index contributed by atoms with van der Waals surface area (Å²) >= 11 is 1.90. The van der Waals surface area contributed by atoms with Crippen molar-refractivity contribution >= 4 is 27.4 Å². The van der Waals surface area contributed by atoms with E-state index in [2.05, 4.69) is 26.1 Å². The van der Waals surface area contributed by atoms with Crippen molar-refractivity contribution < 1.29 is 0 Å². The van der Waals surface area contributed by atoms with E-state index in [1.807, 2.05) is 11.3 Å². The predicted octanol–water partition coefficient (Wildman–Crippen LogP) is 4.59. The molecule has 0 spiro atoms. The molecule has 0 aromatic carbocycles. The van der Waals surface area contributed by atoms with Crippen LogP contribution in [0.3, 0.4) is 0 Å². The zero-order valence-corrected chi connectivity index (χ0v) is 14.1. The van der Waals surface area contributed by atoms with Gasteiger partial charge in [-0.2, -0.15) is 0 Å². The van der Waals surface area contributed by atoms with Crippen LogP contribution in [0.15, 0.2) is 0 Å². The third-order valence-corrected chi connectivity index (χ3v) is 5.34. The van der Waals surface area contributed by atoms with Crippen molar-refractivity contribution in [2.45, 2.75) is 59.3 Å². The number of hydrogen-bond acceptors (Lipinski definition) is 4. The molecule has 0 saturated heterocycles. The Morgan fingerprint density at radius 2 is 2.00 bits per heavy atom. The molecule has 1 N–H and O–H groups in total. The van der Waals surface area contributed by atoms with E-state index in [1.54, 1.807) is 4.88 Å². The van der Waals surface area contributed by atoms with Gasteiger partial charge in [-0.15, -0.1) is 11.3 Å². The van der Waals surface area contributed by atoms with E-state index < -0.39 is 0 Å². The second-order valence-corrected chi connectivity index (χ2v) is 7.43. The van der Waals surface area contributed by atoms with Crippen molar-refractivity contribution in [1.29, 1.82) is 0 Å². The fraction of sp³-hybridized carbons (Fsp3) is 0.647. The molecule has 0 aliphatic heterocycles. The van der Waals surface area contributed by atoms with Gasteiger partial charge in [0, 0.05) is 17.8 Å². The minimum Gasteiger partial charge on any atom is -0.370 e. The molecule has 2 heterocycles. The average molecular weight is 303 g/mol. The largest absolute Gasteiger partial charge is 0.370 e. The number of hydrogen-bond donors (Lipinski definition) is 1. The van der Waals surface area contributed by atoms with E-state index in [4.69, 9.17) is 9.97 Å². The summed E-state index contributed by atoms with van der Waals surface area (Å²) in [6.45, 7) is 7.57. The number of nitrogens with one attached hydrogen (secondary N) is 1. The van der Waals surface area contributed by atoms with Crippen molar-refractivity contribution in [3.8, 4) is 0 Å². The van der Waals surface area contributed by atoms with Crippen molar-refractivity contribution in [3.63, 3.8) is 0 Å². The fourth-order valence-corrected chi connectivity index (χ4v) is 4.31. The average Bonchev–Trinajstić information content (AvgIpc) is 2.84. The van der Waals surface area contributed by atoms with E-state index in [0.717, 1.165) is 31.0 Å². The molecule has 0 bridgehead atoms. The highest BCUT2D eigenvalue weighted by Gasteiger charge is 2.20. The van der Waals surface area contributed by atoms with Crippen molar-refractivity contribution in [2.75, 3.05) is 11.9 Å². The van der Waals surface area contributed by atoms with Crippen LogP contribution in [-0.2, 0) is 19.3 Å². The maximum Gasteiger partial charge on any atom is 0.138 e. The highest BCUT2D eigenvalue weighted by Crippen LogP contribution is 2.38. The molecular formula is C17H25N3S. The van der Waals surface area contributed by atoms with Crippen LogP contribution in [0.25, 0.3) is 10.2 Å². The van der Waals surface area contributed by atoms with Gasteiger partial charge in [0.15, 0.2) is 0 Å². The van der Waals surface area contributed by atoms with Gasteiger partial charge in [0.25, 0.3) is 0 Å². The first-order chi connectivity index (χ1) is 10.2. The van der Waals surface area contributed by atoms with E-state index in [9.17, 15) is 0 Å². The smallest absolute Gasteiger partial charge is 0.138 e. The Labute approximate surface area is 131 Å². The molecule has 3 nitrogen and oxygen atoms in total. The molecule has 4 heteroatoms. The van der Waals surface area contributed by atoms with Crippen molar-refractivity contribution in [2.24, 2.45) is 5.92 Å². The van der Waals surface area contributed by atoms with Gasteiger partial charge < -0.3 is 5.32 Å². The SMILES string of the molecule is CCNc1nc(CCC(C)C)nc2sc3c(c12)CCCC3. The minimum absolute atomic E-state index is 0.698. The van der Waals surface area contributed by atoms with Gasteiger partial charge in [0.1, 0.15) is 16.5 Å². The third-order valence-electron chi connectivity index (χ3n) is 4.15. The third kappa shape index (κ3) is 3.05. The number of aromatic nitrogens is 2. The monoisotopic (exact) mass is 303 g/mol. The summed E-state index contributed by atoms with van der Waals surface area (Å²) in [5, 5.41) is 4.78. The van der Waals surface area contributed by atoms with Gasteiger partial charge >= 0.3 is 0 Å². The highest BCUT2D eigenvalue weighted by atomic mass is 32.1. The highest BCUT2D eigenvalue weighted by molar-refractivity contribution is 7.19. The lowest BCUT2D eigenvalue weighted by Crippen LogP contribution is -2.06. The quantitative estimate of drug-likeness (QED) is 0.878. The zero-order chi connectivity index (χ0) is 14.8. The van der Waals surface area contributed by atoms with Gasteiger partial charge in [-0.25, -0.2) is 9.97 Å². The summed E-state index contributed by atoms with van der Waals surface area (Å²) < 4.78 is 0. The van der Waals surface area contributed by atoms with Crippen LogP contribution in [0.5, 0.6) is 0 Å². The minimum atomic E-state index is 0.698. The maximum absolute atomic E-state index is 4.86. The lowest BCUT2D eigenvalue weighted by atomic mass is 9.97. The number of aryl methyl sites for hydroxylation is 3. The van der Waals surface area contributed by atoms with Gasteiger partial charge in [-0.05, 0) is 50.5 Å². The Bertz CT molecular complexity index is 630. The molecular weight excluding hydrogens is 278 g/mol. The summed E-state index contributed by atoms with van der Waals surface area (Å²) in [5.41, 5.74) is 1.52. The molecule has 0 amide bonds. The van der Waals surface area contributed by atoms with Crippen LogP contribution in [-0.4, -0.2) is 16.5 Å². The molecule has 0 saturated carbocycles. The first-order valence-corrected chi connectivity index (χ1v) is 9.05. The predicted molar refractivity (Wildman–Crippen MR) is 91.4 cm³/mol. The zero-order valence-electron chi connectivity index (χ0n) is 13.3. The van der Waals surface area contributed by atoms with Crippen LogP contribution in [0.1, 0.15) is 56.3 Å². The van der Waals surface area contributed by atoms with Gasteiger partial charge in [0.05, 0.1) is 5.39 Å². The molecule has 0 atom stereocenters. The molecule has 21 heavy (non-hydrogen) atoms. The van der Waals surface area contributed by atoms with Gasteiger partial charge in [0.2, 0.25) is 0 Å². The van der Waals surface area contributed by atoms with Crippen LogP contribution in [0.2, 0.25) is 0 Å². The van der Waals surface area contributed by atoms with Gasteiger partial charge in [-0.1, -0.05) is 13.8 Å². The molecule has 2 aromatic heterocycles. The lowest BCUT2D eigenvalue weighted by molar-refractivity contribution is 0.576. The second kappa shape index (κ2) is 6.30. The molecule has 3 rings (SSSR count). The van der Waals surface area contributed by atoms with Crippen LogP contribution in [0, 0.1) is 5.92 Å². The number of thiophene rings is 1. The molecule has 0 unspecified atom stereocenters. The fourth-order valence-electron chi connectivity index (χ4n) is 3.03. The van der Waals surface area contributed by atoms with E-state index in [0.29, 0.717) is 5.92 Å². The summed E-state index contributed by atoms with van der Waals surface area (Å²) in [6, 6.07) is 0. The Morgan fingerprint density at radius 3 is 2.76 bits per heavy atom. The number of anilines is 1. The van der Waals surface area contributed by atoms with Crippen LogP contribution < -0.4 is 5.32 Å². The van der Waals surface area contributed by atoms with Gasteiger partial charge in [-0.3, -0.25) is 0 Å². The second-order valence-electron chi connectivity index (χ2n) is 6.34. The van der Waals surface area contributed by atoms with E-state index in [-0.39, 0.29) is 0 Å². The van der Waals surface area contributed by atoms with Crippen LogP contribution in [0.4, 0.5) is 5.82 Å². The Kier molecular flexibility index (Phi) is 4.43. The molecule has 1 aliphatic carbocycles. The topological polar surface area (TPSA) is 37.8 Å². The molecule has 0 radical (unpaired) electrons. The van der Waals surface area contributed by atoms with Crippen LogP contribution >= 0.6 is 11.3 Å². The molecule has 114 valence electrons. The standard InChI is InChI=1S/C17H25N3S/c1-4-18-16-15-12-7-5-6-8-13(12)21-17(15)20-14(19-16)10-9-11(2)3/h11H,4-10H2,1-3H3,(H,18,19,20). The normalized spacial score (nSPS) is 14.7. The van der Waals surface area contributed by atoms with Crippen molar-refractivity contribution in [1.82, 2.24) is 9.97 Å². The maximum atomic E-state index is 4.86. The summed E-state index contributed by atoms with van der Waals surface area (Å²) in [5.74, 6) is 2.77. The summed E-state index contributed by atoms with van der Waals surface area (Å²) in [6.07, 6.45) is 7.19. The Morgan fingerprint density at radius 1 is 1.19 bits per heavy atom. The number of rotatable bonds is 5.